The van der Waals surface area contributed by atoms with Crippen LogP contribution in [0.5, 0.6) is 5.75 Å². The van der Waals surface area contributed by atoms with E-state index in [0.717, 1.165) is 10.5 Å². The zero-order valence-electron chi connectivity index (χ0n) is 14.3. The molecule has 0 spiro atoms. The lowest BCUT2D eigenvalue weighted by Crippen LogP contribution is -2.15. The van der Waals surface area contributed by atoms with Gasteiger partial charge in [0, 0.05) is 10.1 Å². The Morgan fingerprint density at radius 2 is 1.92 bits per heavy atom. The fraction of sp³-hybridized carbons (Fsp3) is 0.278. The number of carbonyl (C=O) groups is 1. The standard InChI is InChI=1S/C18H20N2O4S/c1-12(2)25-15-7-4-13(5-8-15)10-18(21)19-16-9-6-14(24-3)11-17(16)20(22)23/h4-9,11-12H,10H2,1-3H3,(H,19,21). The second kappa shape index (κ2) is 8.53. The molecule has 0 aromatic heterocycles. The minimum atomic E-state index is -0.546. The number of hydrogen-bond acceptors (Lipinski definition) is 5. The molecule has 1 N–H and O–H groups in total. The summed E-state index contributed by atoms with van der Waals surface area (Å²) in [5.74, 6) is 0.0560. The lowest BCUT2D eigenvalue weighted by Gasteiger charge is -2.09. The molecular weight excluding hydrogens is 340 g/mol. The maximum atomic E-state index is 12.2. The highest BCUT2D eigenvalue weighted by atomic mass is 32.2. The molecule has 2 aromatic rings. The Bertz CT molecular complexity index is 760. The molecule has 0 aliphatic rings. The first-order valence-corrected chi connectivity index (χ1v) is 8.65. The first-order chi connectivity index (χ1) is 11.9. The van der Waals surface area contributed by atoms with Crippen molar-refractivity contribution in [1.82, 2.24) is 0 Å². The van der Waals surface area contributed by atoms with Gasteiger partial charge >= 0.3 is 0 Å². The van der Waals surface area contributed by atoms with Crippen LogP contribution in [-0.2, 0) is 11.2 Å². The van der Waals surface area contributed by atoms with Gasteiger partial charge in [-0.2, -0.15) is 0 Å². The van der Waals surface area contributed by atoms with E-state index >= 15 is 0 Å². The van der Waals surface area contributed by atoms with Gasteiger partial charge in [0.2, 0.25) is 5.91 Å². The van der Waals surface area contributed by atoms with E-state index in [2.05, 4.69) is 19.2 Å². The molecule has 0 heterocycles. The van der Waals surface area contributed by atoms with Gasteiger partial charge in [-0.05, 0) is 29.8 Å². The van der Waals surface area contributed by atoms with Crippen molar-refractivity contribution in [3.8, 4) is 5.75 Å². The van der Waals surface area contributed by atoms with Crippen LogP contribution in [-0.4, -0.2) is 23.2 Å². The highest BCUT2D eigenvalue weighted by molar-refractivity contribution is 7.99. The number of hydrogen-bond donors (Lipinski definition) is 1. The molecular formula is C18H20N2O4S. The van der Waals surface area contributed by atoms with Crippen LogP contribution in [0, 0.1) is 10.1 Å². The first kappa shape index (κ1) is 18.8. The number of rotatable bonds is 7. The molecule has 0 radical (unpaired) electrons. The van der Waals surface area contributed by atoms with Crippen LogP contribution in [0.2, 0.25) is 0 Å². The lowest BCUT2D eigenvalue weighted by molar-refractivity contribution is -0.384. The summed E-state index contributed by atoms with van der Waals surface area (Å²) in [6.07, 6.45) is 0.149. The third kappa shape index (κ3) is 5.49. The second-order valence-corrected chi connectivity index (χ2v) is 7.33. The number of nitrogens with zero attached hydrogens (tertiary/aromatic N) is 1. The Morgan fingerprint density at radius 3 is 2.48 bits per heavy atom. The van der Waals surface area contributed by atoms with Gasteiger partial charge in [-0.25, -0.2) is 0 Å². The number of thioether (sulfide) groups is 1. The molecule has 0 fully saturated rings. The van der Waals surface area contributed by atoms with Crippen molar-refractivity contribution >= 4 is 29.0 Å². The SMILES string of the molecule is COc1ccc(NC(=O)Cc2ccc(SC(C)C)cc2)c([N+](=O)[O-])c1. The average Bonchev–Trinajstić information content (AvgIpc) is 2.56. The molecule has 0 saturated carbocycles. The first-order valence-electron chi connectivity index (χ1n) is 7.77. The molecule has 7 heteroatoms. The second-order valence-electron chi connectivity index (χ2n) is 5.68. The third-order valence-electron chi connectivity index (χ3n) is 3.34. The molecule has 1 amide bonds. The molecule has 0 saturated heterocycles. The maximum Gasteiger partial charge on any atom is 0.296 e. The van der Waals surface area contributed by atoms with Crippen molar-refractivity contribution in [2.75, 3.05) is 12.4 Å². The van der Waals surface area contributed by atoms with Crippen LogP contribution in [0.25, 0.3) is 0 Å². The van der Waals surface area contributed by atoms with E-state index in [1.807, 2.05) is 24.3 Å². The van der Waals surface area contributed by atoms with E-state index in [1.165, 1.54) is 19.2 Å². The molecule has 0 atom stereocenters. The zero-order chi connectivity index (χ0) is 18.4. The summed E-state index contributed by atoms with van der Waals surface area (Å²) in [7, 11) is 1.43. The Balaban J connectivity index is 2.06. The average molecular weight is 360 g/mol. The molecule has 0 bridgehead atoms. The summed E-state index contributed by atoms with van der Waals surface area (Å²) >= 11 is 1.75. The van der Waals surface area contributed by atoms with Crippen molar-refractivity contribution in [3.63, 3.8) is 0 Å². The number of anilines is 1. The highest BCUT2D eigenvalue weighted by Gasteiger charge is 2.17. The van der Waals surface area contributed by atoms with Crippen molar-refractivity contribution in [2.24, 2.45) is 0 Å². The number of nitrogens with one attached hydrogen (secondary N) is 1. The molecule has 2 rings (SSSR count). The van der Waals surface area contributed by atoms with Crippen LogP contribution < -0.4 is 10.1 Å². The van der Waals surface area contributed by atoms with Gasteiger partial charge in [-0.15, -0.1) is 11.8 Å². The normalized spacial score (nSPS) is 10.6. The van der Waals surface area contributed by atoms with Gasteiger partial charge in [0.25, 0.3) is 5.69 Å². The van der Waals surface area contributed by atoms with Crippen LogP contribution >= 0.6 is 11.8 Å². The van der Waals surface area contributed by atoms with E-state index in [-0.39, 0.29) is 23.7 Å². The quantitative estimate of drug-likeness (QED) is 0.453. The predicted molar refractivity (Wildman–Crippen MR) is 99.4 cm³/mol. The molecule has 6 nitrogen and oxygen atoms in total. The number of methoxy groups -OCH3 is 1. The fourth-order valence-corrected chi connectivity index (χ4v) is 3.07. The summed E-state index contributed by atoms with van der Waals surface area (Å²) in [6, 6.07) is 12.1. The van der Waals surface area contributed by atoms with E-state index in [4.69, 9.17) is 4.74 Å². The summed E-state index contributed by atoms with van der Waals surface area (Å²) in [4.78, 5) is 24.0. The zero-order valence-corrected chi connectivity index (χ0v) is 15.1. The number of nitro groups is 1. The summed E-state index contributed by atoms with van der Waals surface area (Å²) < 4.78 is 4.98. The number of nitro benzene ring substituents is 1. The van der Waals surface area contributed by atoms with Gasteiger partial charge in [-0.3, -0.25) is 14.9 Å². The Kier molecular flexibility index (Phi) is 6.41. The molecule has 2 aromatic carbocycles. The van der Waals surface area contributed by atoms with Crippen molar-refractivity contribution < 1.29 is 14.5 Å². The lowest BCUT2D eigenvalue weighted by atomic mass is 10.1. The largest absolute Gasteiger partial charge is 0.496 e. The van der Waals surface area contributed by atoms with Gasteiger partial charge in [-0.1, -0.05) is 26.0 Å². The number of carbonyl (C=O) groups excluding carboxylic acids is 1. The Hall–Kier alpha value is -2.54. The number of benzene rings is 2. The summed E-state index contributed by atoms with van der Waals surface area (Å²) in [6.45, 7) is 4.24. The third-order valence-corrected chi connectivity index (χ3v) is 4.35. The van der Waals surface area contributed by atoms with E-state index < -0.39 is 4.92 Å². The summed E-state index contributed by atoms with van der Waals surface area (Å²) in [5, 5.41) is 14.2. The number of ether oxygens (including phenoxy) is 1. The fourth-order valence-electron chi connectivity index (χ4n) is 2.23. The number of amides is 1. The topological polar surface area (TPSA) is 81.5 Å². The molecule has 0 aliphatic carbocycles. The minimum Gasteiger partial charge on any atom is -0.496 e. The van der Waals surface area contributed by atoms with E-state index in [9.17, 15) is 14.9 Å². The van der Waals surface area contributed by atoms with Gasteiger partial charge in [0.15, 0.2) is 0 Å². The van der Waals surface area contributed by atoms with E-state index in [1.54, 1.807) is 17.8 Å². The van der Waals surface area contributed by atoms with Gasteiger partial charge < -0.3 is 10.1 Å². The van der Waals surface area contributed by atoms with Crippen molar-refractivity contribution in [3.05, 3.63) is 58.1 Å². The van der Waals surface area contributed by atoms with Crippen LogP contribution in [0.1, 0.15) is 19.4 Å². The molecule has 132 valence electrons. The Morgan fingerprint density at radius 1 is 1.24 bits per heavy atom. The van der Waals surface area contributed by atoms with Crippen LogP contribution in [0.15, 0.2) is 47.4 Å². The maximum absolute atomic E-state index is 12.2. The van der Waals surface area contributed by atoms with Gasteiger partial charge in [0.1, 0.15) is 11.4 Å². The summed E-state index contributed by atoms with van der Waals surface area (Å²) in [5.41, 5.74) is 0.806. The Labute approximate surface area is 150 Å². The van der Waals surface area contributed by atoms with Gasteiger partial charge in [0.05, 0.1) is 24.5 Å². The highest BCUT2D eigenvalue weighted by Crippen LogP contribution is 2.29. The van der Waals surface area contributed by atoms with Crippen LogP contribution in [0.3, 0.4) is 0 Å². The van der Waals surface area contributed by atoms with E-state index in [0.29, 0.717) is 11.0 Å². The smallest absolute Gasteiger partial charge is 0.296 e. The molecule has 0 aliphatic heterocycles. The van der Waals surface area contributed by atoms with Crippen molar-refractivity contribution in [2.45, 2.75) is 30.4 Å². The van der Waals surface area contributed by atoms with Crippen molar-refractivity contribution in [1.29, 1.82) is 0 Å². The van der Waals surface area contributed by atoms with Crippen LogP contribution in [0.4, 0.5) is 11.4 Å². The predicted octanol–water partition coefficient (Wildman–Crippen LogP) is 4.29. The minimum absolute atomic E-state index is 0.149. The molecule has 0 unspecified atom stereocenters. The monoisotopic (exact) mass is 360 g/mol. The molecule has 25 heavy (non-hydrogen) atoms.